The van der Waals surface area contributed by atoms with E-state index in [1.54, 1.807) is 13.0 Å². The number of carbonyl (C=O) groups excluding carboxylic acids is 1. The largest absolute Gasteiger partial charge is 0.361 e. The van der Waals surface area contributed by atoms with Crippen LogP contribution in [-0.4, -0.2) is 52.0 Å². The van der Waals surface area contributed by atoms with Crippen molar-refractivity contribution in [3.8, 4) is 0 Å². The molecule has 6 nitrogen and oxygen atoms in total. The molecule has 1 saturated heterocycles. The second-order valence-electron chi connectivity index (χ2n) is 5.25. The second kappa shape index (κ2) is 6.05. The van der Waals surface area contributed by atoms with Crippen molar-refractivity contribution in [2.45, 2.75) is 13.5 Å². The first-order valence-corrected chi connectivity index (χ1v) is 7.06. The molecular weight excluding hydrogens is 268 g/mol. The van der Waals surface area contributed by atoms with Crippen molar-refractivity contribution in [2.24, 2.45) is 0 Å². The average molecular weight is 286 g/mol. The highest BCUT2D eigenvalue weighted by Crippen LogP contribution is 2.11. The molecule has 0 unspecified atom stereocenters. The fourth-order valence-electron chi connectivity index (χ4n) is 2.48. The summed E-state index contributed by atoms with van der Waals surface area (Å²) < 4.78 is 4.96. The van der Waals surface area contributed by atoms with E-state index in [4.69, 9.17) is 4.52 Å². The van der Waals surface area contributed by atoms with Gasteiger partial charge in [-0.25, -0.2) is 0 Å². The van der Waals surface area contributed by atoms with Crippen LogP contribution in [0.25, 0.3) is 0 Å². The molecule has 3 heterocycles. The number of pyridine rings is 1. The van der Waals surface area contributed by atoms with Crippen LogP contribution in [0.2, 0.25) is 0 Å². The maximum Gasteiger partial charge on any atom is 0.276 e. The SMILES string of the molecule is Cc1cc(C(=O)N2CCN(Cc3ccncc3)CC2)no1. The van der Waals surface area contributed by atoms with Crippen LogP contribution in [0.3, 0.4) is 0 Å². The van der Waals surface area contributed by atoms with E-state index in [9.17, 15) is 4.79 Å². The van der Waals surface area contributed by atoms with Crippen LogP contribution in [-0.2, 0) is 6.54 Å². The second-order valence-corrected chi connectivity index (χ2v) is 5.25. The first-order chi connectivity index (χ1) is 10.2. The Morgan fingerprint density at radius 3 is 2.57 bits per heavy atom. The number of aryl methyl sites for hydroxylation is 1. The number of carbonyl (C=O) groups is 1. The molecule has 3 rings (SSSR count). The molecule has 0 atom stereocenters. The topological polar surface area (TPSA) is 62.5 Å². The number of rotatable bonds is 3. The highest BCUT2D eigenvalue weighted by molar-refractivity contribution is 5.92. The van der Waals surface area contributed by atoms with Crippen LogP contribution in [0.4, 0.5) is 0 Å². The lowest BCUT2D eigenvalue weighted by Crippen LogP contribution is -2.48. The Morgan fingerprint density at radius 2 is 1.95 bits per heavy atom. The average Bonchev–Trinajstić information content (AvgIpc) is 2.95. The van der Waals surface area contributed by atoms with Crippen molar-refractivity contribution in [3.05, 3.63) is 47.6 Å². The summed E-state index contributed by atoms with van der Waals surface area (Å²) in [6.45, 7) is 5.85. The van der Waals surface area contributed by atoms with Gasteiger partial charge >= 0.3 is 0 Å². The zero-order chi connectivity index (χ0) is 14.7. The van der Waals surface area contributed by atoms with Crippen molar-refractivity contribution in [2.75, 3.05) is 26.2 Å². The molecule has 1 aliphatic rings. The standard InChI is InChI=1S/C15H18N4O2/c1-12-10-14(17-21-12)15(20)19-8-6-18(7-9-19)11-13-2-4-16-5-3-13/h2-5,10H,6-9,11H2,1H3. The highest BCUT2D eigenvalue weighted by atomic mass is 16.5. The van der Waals surface area contributed by atoms with Crippen LogP contribution in [0.15, 0.2) is 35.1 Å². The number of piperazine rings is 1. The van der Waals surface area contributed by atoms with Gasteiger partial charge in [-0.3, -0.25) is 14.7 Å². The van der Waals surface area contributed by atoms with E-state index in [2.05, 4.69) is 15.0 Å². The van der Waals surface area contributed by atoms with Gasteiger partial charge in [-0.15, -0.1) is 0 Å². The van der Waals surface area contributed by atoms with Gasteiger partial charge in [0, 0.05) is 51.2 Å². The predicted molar refractivity (Wildman–Crippen MR) is 76.7 cm³/mol. The molecule has 0 aromatic carbocycles. The van der Waals surface area contributed by atoms with Crippen LogP contribution in [0.5, 0.6) is 0 Å². The molecule has 2 aromatic rings. The molecule has 1 fully saturated rings. The van der Waals surface area contributed by atoms with E-state index in [0.29, 0.717) is 11.5 Å². The van der Waals surface area contributed by atoms with Gasteiger partial charge in [-0.05, 0) is 24.6 Å². The van der Waals surface area contributed by atoms with Crippen LogP contribution in [0.1, 0.15) is 21.8 Å². The van der Waals surface area contributed by atoms with Crippen molar-refractivity contribution in [1.29, 1.82) is 0 Å². The Morgan fingerprint density at radius 1 is 1.24 bits per heavy atom. The number of nitrogens with zero attached hydrogens (tertiary/aromatic N) is 4. The smallest absolute Gasteiger partial charge is 0.276 e. The van der Waals surface area contributed by atoms with Crippen molar-refractivity contribution >= 4 is 5.91 Å². The number of aromatic nitrogens is 2. The molecule has 0 aliphatic carbocycles. The molecule has 110 valence electrons. The Balaban J connectivity index is 1.54. The maximum absolute atomic E-state index is 12.3. The van der Waals surface area contributed by atoms with E-state index in [-0.39, 0.29) is 5.91 Å². The summed E-state index contributed by atoms with van der Waals surface area (Å²) in [5.74, 6) is 0.616. The number of hydrogen-bond acceptors (Lipinski definition) is 5. The monoisotopic (exact) mass is 286 g/mol. The molecule has 6 heteroatoms. The molecule has 0 radical (unpaired) electrons. The third-order valence-electron chi connectivity index (χ3n) is 3.66. The molecule has 0 saturated carbocycles. The molecule has 2 aromatic heterocycles. The van der Waals surface area contributed by atoms with E-state index in [0.717, 1.165) is 32.7 Å². The lowest BCUT2D eigenvalue weighted by Gasteiger charge is -2.34. The number of amides is 1. The molecular formula is C15H18N4O2. The highest BCUT2D eigenvalue weighted by Gasteiger charge is 2.24. The van der Waals surface area contributed by atoms with Gasteiger partial charge < -0.3 is 9.42 Å². The summed E-state index contributed by atoms with van der Waals surface area (Å²) in [5.41, 5.74) is 1.65. The first-order valence-electron chi connectivity index (χ1n) is 7.06. The van der Waals surface area contributed by atoms with Gasteiger partial charge in [-0.1, -0.05) is 5.16 Å². The fraction of sp³-hybridized carbons (Fsp3) is 0.400. The molecule has 0 N–H and O–H groups in total. The first kappa shape index (κ1) is 13.8. The Labute approximate surface area is 123 Å². The normalized spacial score (nSPS) is 16.1. The predicted octanol–water partition coefficient (Wildman–Crippen LogP) is 1.34. The lowest BCUT2D eigenvalue weighted by molar-refractivity contribution is 0.0618. The zero-order valence-corrected chi connectivity index (χ0v) is 12.0. The molecule has 1 amide bonds. The van der Waals surface area contributed by atoms with Gasteiger partial charge in [0.25, 0.3) is 5.91 Å². The summed E-state index contributed by atoms with van der Waals surface area (Å²) in [5, 5.41) is 3.79. The maximum atomic E-state index is 12.3. The summed E-state index contributed by atoms with van der Waals surface area (Å²) in [6.07, 6.45) is 3.62. The van der Waals surface area contributed by atoms with Crippen molar-refractivity contribution < 1.29 is 9.32 Å². The minimum atomic E-state index is -0.0459. The summed E-state index contributed by atoms with van der Waals surface area (Å²) in [6, 6.07) is 5.73. The molecule has 21 heavy (non-hydrogen) atoms. The van der Waals surface area contributed by atoms with Gasteiger partial charge in [0.2, 0.25) is 0 Å². The summed E-state index contributed by atoms with van der Waals surface area (Å²) in [4.78, 5) is 20.5. The van der Waals surface area contributed by atoms with Crippen LogP contribution < -0.4 is 0 Å². The van der Waals surface area contributed by atoms with Crippen LogP contribution in [0, 0.1) is 6.92 Å². The number of hydrogen-bond donors (Lipinski definition) is 0. The molecule has 0 spiro atoms. The van der Waals surface area contributed by atoms with E-state index < -0.39 is 0 Å². The minimum absolute atomic E-state index is 0.0459. The Kier molecular flexibility index (Phi) is 3.96. The van der Waals surface area contributed by atoms with Crippen molar-refractivity contribution in [3.63, 3.8) is 0 Å². The van der Waals surface area contributed by atoms with Crippen LogP contribution >= 0.6 is 0 Å². The minimum Gasteiger partial charge on any atom is -0.361 e. The summed E-state index contributed by atoms with van der Waals surface area (Å²) >= 11 is 0. The fourth-order valence-corrected chi connectivity index (χ4v) is 2.48. The Bertz CT molecular complexity index is 603. The van der Waals surface area contributed by atoms with Gasteiger partial charge in [-0.2, -0.15) is 0 Å². The quantitative estimate of drug-likeness (QED) is 0.852. The molecule has 0 bridgehead atoms. The van der Waals surface area contributed by atoms with E-state index in [1.807, 2.05) is 29.4 Å². The third kappa shape index (κ3) is 3.28. The van der Waals surface area contributed by atoms with E-state index >= 15 is 0 Å². The molecule has 1 aliphatic heterocycles. The van der Waals surface area contributed by atoms with Gasteiger partial charge in [0.05, 0.1) is 0 Å². The van der Waals surface area contributed by atoms with Crippen molar-refractivity contribution in [1.82, 2.24) is 19.9 Å². The third-order valence-corrected chi connectivity index (χ3v) is 3.66. The lowest BCUT2D eigenvalue weighted by atomic mass is 10.2. The van der Waals surface area contributed by atoms with Gasteiger partial charge in [0.15, 0.2) is 5.69 Å². The zero-order valence-electron chi connectivity index (χ0n) is 12.0. The summed E-state index contributed by atoms with van der Waals surface area (Å²) in [7, 11) is 0. The Hall–Kier alpha value is -2.21. The van der Waals surface area contributed by atoms with Gasteiger partial charge in [0.1, 0.15) is 5.76 Å². The van der Waals surface area contributed by atoms with E-state index in [1.165, 1.54) is 5.56 Å².